The Hall–Kier alpha value is -3.44. The van der Waals surface area contributed by atoms with Gasteiger partial charge in [0.25, 0.3) is 11.8 Å². The molecule has 3 aromatic rings. The Kier molecular flexibility index (Phi) is 5.14. The van der Waals surface area contributed by atoms with Gasteiger partial charge in [-0.3, -0.25) is 9.59 Å². The van der Waals surface area contributed by atoms with Crippen LogP contribution < -0.4 is 10.2 Å². The summed E-state index contributed by atoms with van der Waals surface area (Å²) >= 11 is 6.12. The van der Waals surface area contributed by atoms with E-state index in [1.807, 2.05) is 32.0 Å². The van der Waals surface area contributed by atoms with Gasteiger partial charge in [0.1, 0.15) is 11.5 Å². The number of anilines is 2. The average molecular weight is 421 g/mol. The summed E-state index contributed by atoms with van der Waals surface area (Å²) in [6.07, 6.45) is 0. The minimum Gasteiger partial charge on any atom is -0.350 e. The molecule has 1 N–H and O–H groups in total. The number of nitrogens with zero attached hydrogens (tertiary/aromatic N) is 1. The molecule has 1 aliphatic heterocycles. The first-order chi connectivity index (χ1) is 14.3. The van der Waals surface area contributed by atoms with Gasteiger partial charge in [0.2, 0.25) is 0 Å². The van der Waals surface area contributed by atoms with Crippen molar-refractivity contribution in [1.29, 1.82) is 0 Å². The number of benzene rings is 3. The zero-order chi connectivity index (χ0) is 21.4. The van der Waals surface area contributed by atoms with Gasteiger partial charge in [-0.1, -0.05) is 53.6 Å². The third kappa shape index (κ3) is 3.60. The molecule has 6 heteroatoms. The number of halogens is 2. The van der Waals surface area contributed by atoms with Gasteiger partial charge >= 0.3 is 0 Å². The summed E-state index contributed by atoms with van der Waals surface area (Å²) in [6, 6.07) is 18.0. The standard InChI is InChI=1S/C24H18ClFN2O2/c1-14-6-9-16(10-7-14)21-22(27-20-12-17(25)11-8-15(20)2)24(30)28(23(21)29)19-5-3-4-18(26)13-19/h3-13,27H,1-2H3. The van der Waals surface area contributed by atoms with Crippen molar-refractivity contribution in [3.63, 3.8) is 0 Å². The molecule has 0 spiro atoms. The smallest absolute Gasteiger partial charge is 0.282 e. The van der Waals surface area contributed by atoms with E-state index in [0.29, 0.717) is 16.3 Å². The monoisotopic (exact) mass is 420 g/mol. The fourth-order valence-corrected chi connectivity index (χ4v) is 3.52. The molecule has 0 fully saturated rings. The van der Waals surface area contributed by atoms with Crippen LogP contribution in [-0.4, -0.2) is 11.8 Å². The molecule has 0 aliphatic carbocycles. The SMILES string of the molecule is Cc1ccc(C2=C(Nc3cc(Cl)ccc3C)C(=O)N(c3cccc(F)c3)C2=O)cc1. The van der Waals surface area contributed by atoms with Crippen molar-refractivity contribution in [2.75, 3.05) is 10.2 Å². The van der Waals surface area contributed by atoms with E-state index < -0.39 is 17.6 Å². The fourth-order valence-electron chi connectivity index (χ4n) is 3.35. The Morgan fingerprint density at radius 1 is 0.900 bits per heavy atom. The normalized spacial score (nSPS) is 13.9. The number of hydrogen-bond acceptors (Lipinski definition) is 3. The maximum absolute atomic E-state index is 13.8. The van der Waals surface area contributed by atoms with Crippen LogP contribution in [0.2, 0.25) is 5.02 Å². The molecule has 1 aliphatic rings. The van der Waals surface area contributed by atoms with Crippen LogP contribution in [0.5, 0.6) is 0 Å². The van der Waals surface area contributed by atoms with Crippen LogP contribution in [0.3, 0.4) is 0 Å². The fraction of sp³-hybridized carbons (Fsp3) is 0.0833. The second kappa shape index (κ2) is 7.76. The first-order valence-corrected chi connectivity index (χ1v) is 9.72. The Morgan fingerprint density at radius 2 is 1.63 bits per heavy atom. The summed E-state index contributed by atoms with van der Waals surface area (Å²) in [6.45, 7) is 3.81. The molecule has 0 unspecified atom stereocenters. The number of nitrogens with one attached hydrogen (secondary N) is 1. The van der Waals surface area contributed by atoms with E-state index in [2.05, 4.69) is 5.32 Å². The van der Waals surface area contributed by atoms with Crippen LogP contribution >= 0.6 is 11.6 Å². The van der Waals surface area contributed by atoms with Gasteiger partial charge in [-0.15, -0.1) is 0 Å². The van der Waals surface area contributed by atoms with Crippen molar-refractivity contribution >= 4 is 40.4 Å². The van der Waals surface area contributed by atoms with Gasteiger partial charge in [0.05, 0.1) is 11.3 Å². The number of amides is 2. The summed E-state index contributed by atoms with van der Waals surface area (Å²) in [7, 11) is 0. The van der Waals surface area contributed by atoms with Gasteiger partial charge in [-0.05, 0) is 55.3 Å². The minimum atomic E-state index is -0.555. The summed E-state index contributed by atoms with van der Waals surface area (Å²) in [5.74, 6) is -1.60. The molecule has 0 radical (unpaired) electrons. The Bertz CT molecular complexity index is 1200. The predicted octanol–water partition coefficient (Wildman–Crippen LogP) is 5.49. The largest absolute Gasteiger partial charge is 0.350 e. The molecule has 0 bridgehead atoms. The second-order valence-corrected chi connectivity index (χ2v) is 7.56. The van der Waals surface area contributed by atoms with E-state index in [4.69, 9.17) is 11.6 Å². The Balaban J connectivity index is 1.85. The van der Waals surface area contributed by atoms with Crippen molar-refractivity contribution in [2.45, 2.75) is 13.8 Å². The van der Waals surface area contributed by atoms with Gasteiger partial charge in [0.15, 0.2) is 0 Å². The first-order valence-electron chi connectivity index (χ1n) is 9.34. The van der Waals surface area contributed by atoms with E-state index in [9.17, 15) is 14.0 Å². The Morgan fingerprint density at radius 3 is 2.33 bits per heavy atom. The summed E-state index contributed by atoms with van der Waals surface area (Å²) < 4.78 is 13.8. The van der Waals surface area contributed by atoms with Gasteiger partial charge in [-0.2, -0.15) is 0 Å². The maximum Gasteiger partial charge on any atom is 0.282 e. The highest BCUT2D eigenvalue weighted by atomic mass is 35.5. The molecule has 0 atom stereocenters. The van der Waals surface area contributed by atoms with Crippen molar-refractivity contribution in [3.8, 4) is 0 Å². The molecular weight excluding hydrogens is 403 g/mol. The molecule has 3 aromatic carbocycles. The molecule has 30 heavy (non-hydrogen) atoms. The summed E-state index contributed by atoms with van der Waals surface area (Å²) in [5.41, 5.74) is 3.62. The third-order valence-electron chi connectivity index (χ3n) is 4.95. The van der Waals surface area contributed by atoms with Crippen LogP contribution in [0, 0.1) is 19.7 Å². The maximum atomic E-state index is 13.8. The first kappa shape index (κ1) is 19.9. The lowest BCUT2D eigenvalue weighted by Gasteiger charge is -2.16. The number of rotatable bonds is 4. The molecule has 4 rings (SSSR count). The van der Waals surface area contributed by atoms with E-state index in [-0.39, 0.29) is 17.0 Å². The van der Waals surface area contributed by atoms with Gasteiger partial charge in [0, 0.05) is 10.7 Å². The molecule has 0 aromatic heterocycles. The summed E-state index contributed by atoms with van der Waals surface area (Å²) in [4.78, 5) is 27.6. The average Bonchev–Trinajstić information content (AvgIpc) is 2.95. The third-order valence-corrected chi connectivity index (χ3v) is 5.18. The van der Waals surface area contributed by atoms with E-state index in [0.717, 1.165) is 22.1 Å². The van der Waals surface area contributed by atoms with E-state index in [1.54, 1.807) is 24.3 Å². The van der Waals surface area contributed by atoms with Crippen molar-refractivity contribution in [3.05, 3.63) is 100.0 Å². The van der Waals surface area contributed by atoms with Crippen LogP contribution in [-0.2, 0) is 9.59 Å². The van der Waals surface area contributed by atoms with Crippen molar-refractivity contribution in [2.24, 2.45) is 0 Å². The lowest BCUT2D eigenvalue weighted by atomic mass is 10.0. The van der Waals surface area contributed by atoms with Crippen molar-refractivity contribution in [1.82, 2.24) is 0 Å². The van der Waals surface area contributed by atoms with Crippen LogP contribution in [0.15, 0.2) is 72.4 Å². The van der Waals surface area contributed by atoms with Crippen LogP contribution in [0.1, 0.15) is 16.7 Å². The number of carbonyl (C=O) groups is 2. The molecule has 1 heterocycles. The zero-order valence-electron chi connectivity index (χ0n) is 16.4. The quantitative estimate of drug-likeness (QED) is 0.567. The van der Waals surface area contributed by atoms with Crippen LogP contribution in [0.4, 0.5) is 15.8 Å². The van der Waals surface area contributed by atoms with E-state index in [1.165, 1.54) is 18.2 Å². The number of imide groups is 1. The predicted molar refractivity (Wildman–Crippen MR) is 117 cm³/mol. The molecule has 2 amide bonds. The molecule has 0 saturated carbocycles. The number of aryl methyl sites for hydroxylation is 2. The van der Waals surface area contributed by atoms with Gasteiger partial charge < -0.3 is 5.32 Å². The van der Waals surface area contributed by atoms with E-state index >= 15 is 0 Å². The molecule has 150 valence electrons. The highest BCUT2D eigenvalue weighted by molar-refractivity contribution is 6.46. The second-order valence-electron chi connectivity index (χ2n) is 7.13. The van der Waals surface area contributed by atoms with Crippen LogP contribution in [0.25, 0.3) is 5.57 Å². The molecular formula is C24H18ClFN2O2. The number of hydrogen-bond donors (Lipinski definition) is 1. The van der Waals surface area contributed by atoms with Crippen molar-refractivity contribution < 1.29 is 14.0 Å². The molecule has 4 nitrogen and oxygen atoms in total. The topological polar surface area (TPSA) is 49.4 Å². The summed E-state index contributed by atoms with van der Waals surface area (Å²) in [5, 5.41) is 3.60. The molecule has 0 saturated heterocycles. The zero-order valence-corrected chi connectivity index (χ0v) is 17.1. The Labute approximate surface area is 178 Å². The number of carbonyl (C=O) groups excluding carboxylic acids is 2. The lowest BCUT2D eigenvalue weighted by molar-refractivity contribution is -0.120. The van der Waals surface area contributed by atoms with Gasteiger partial charge in [-0.25, -0.2) is 9.29 Å². The minimum absolute atomic E-state index is 0.124. The highest BCUT2D eigenvalue weighted by Gasteiger charge is 2.40. The lowest BCUT2D eigenvalue weighted by Crippen LogP contribution is -2.32. The highest BCUT2D eigenvalue weighted by Crippen LogP contribution is 2.35.